The van der Waals surface area contributed by atoms with Gasteiger partial charge in [-0.15, -0.1) is 5.54 Å². The largest absolute Gasteiger partial charge is 0.264 e. The molecule has 0 saturated heterocycles. The second kappa shape index (κ2) is 6.27. The van der Waals surface area contributed by atoms with E-state index in [0.29, 0.717) is 10.0 Å². The van der Waals surface area contributed by atoms with Gasteiger partial charge in [0.15, 0.2) is 0 Å². The zero-order valence-corrected chi connectivity index (χ0v) is 15.1. The lowest BCUT2D eigenvalue weighted by Gasteiger charge is -2.15. The number of nitrogens with zero attached hydrogens (tertiary/aromatic N) is 2. The van der Waals surface area contributed by atoms with E-state index in [2.05, 4.69) is 36.2 Å². The van der Waals surface area contributed by atoms with Gasteiger partial charge in [-0.2, -0.15) is 5.10 Å². The first kappa shape index (κ1) is 16.2. The molecule has 2 nitrogen and oxygen atoms in total. The minimum absolute atomic E-state index is 0.0337. The van der Waals surface area contributed by atoms with Crippen LogP contribution in [0.15, 0.2) is 30.6 Å². The van der Waals surface area contributed by atoms with Crippen molar-refractivity contribution < 1.29 is 0 Å². The van der Waals surface area contributed by atoms with Crippen LogP contribution in [0.2, 0.25) is 29.7 Å². The molecule has 0 saturated carbocycles. The molecule has 0 aliphatic carbocycles. The van der Waals surface area contributed by atoms with Crippen LogP contribution in [0.1, 0.15) is 24.1 Å². The zero-order valence-electron chi connectivity index (χ0n) is 12.6. The molecule has 2 aromatic rings. The third-order valence-electron chi connectivity index (χ3n) is 3.00. The summed E-state index contributed by atoms with van der Waals surface area (Å²) in [6, 6.07) is 5.49. The summed E-state index contributed by atoms with van der Waals surface area (Å²) < 4.78 is 1.85. The van der Waals surface area contributed by atoms with E-state index in [4.69, 9.17) is 23.2 Å². The topological polar surface area (TPSA) is 17.8 Å². The predicted molar refractivity (Wildman–Crippen MR) is 92.7 cm³/mol. The van der Waals surface area contributed by atoms with Gasteiger partial charge in [-0.05, 0) is 19.1 Å². The van der Waals surface area contributed by atoms with Crippen LogP contribution >= 0.6 is 23.2 Å². The SMILES string of the molecule is CC(c1c(Cl)cccc1Cl)n1cc(C#C[Si](C)(C)C)cn1. The van der Waals surface area contributed by atoms with Crippen LogP contribution in [0.3, 0.4) is 0 Å². The van der Waals surface area contributed by atoms with Crippen molar-refractivity contribution in [2.75, 3.05) is 0 Å². The molecule has 0 amide bonds. The van der Waals surface area contributed by atoms with Gasteiger partial charge in [0, 0.05) is 21.8 Å². The van der Waals surface area contributed by atoms with Crippen LogP contribution in [-0.4, -0.2) is 17.9 Å². The van der Waals surface area contributed by atoms with Gasteiger partial charge in [-0.25, -0.2) is 0 Å². The van der Waals surface area contributed by atoms with Crippen molar-refractivity contribution in [2.45, 2.75) is 32.6 Å². The van der Waals surface area contributed by atoms with E-state index in [1.54, 1.807) is 6.20 Å². The zero-order chi connectivity index (χ0) is 15.6. The number of hydrogen-bond acceptors (Lipinski definition) is 1. The molecule has 0 spiro atoms. The van der Waals surface area contributed by atoms with Crippen molar-refractivity contribution in [1.29, 1.82) is 0 Å². The van der Waals surface area contributed by atoms with E-state index >= 15 is 0 Å². The lowest BCUT2D eigenvalue weighted by molar-refractivity contribution is 0.565. The van der Waals surface area contributed by atoms with Crippen LogP contribution in [-0.2, 0) is 0 Å². The Kier molecular flexibility index (Phi) is 4.83. The fraction of sp³-hybridized carbons (Fsp3) is 0.312. The highest BCUT2D eigenvalue weighted by molar-refractivity contribution is 6.83. The van der Waals surface area contributed by atoms with Crippen molar-refractivity contribution in [3.05, 3.63) is 51.8 Å². The molecule has 1 heterocycles. The number of halogens is 2. The Morgan fingerprint density at radius 1 is 1.19 bits per heavy atom. The van der Waals surface area contributed by atoms with E-state index in [1.165, 1.54) is 0 Å². The Morgan fingerprint density at radius 3 is 2.38 bits per heavy atom. The maximum absolute atomic E-state index is 6.25. The van der Waals surface area contributed by atoms with Gasteiger partial charge in [0.05, 0.1) is 17.8 Å². The van der Waals surface area contributed by atoms with Crippen LogP contribution in [0.25, 0.3) is 0 Å². The summed E-state index contributed by atoms with van der Waals surface area (Å²) in [7, 11) is -1.38. The third kappa shape index (κ3) is 4.13. The molecular weight excluding hydrogens is 319 g/mol. The van der Waals surface area contributed by atoms with Crippen LogP contribution in [0, 0.1) is 11.5 Å². The Balaban J connectivity index is 2.31. The highest BCUT2D eigenvalue weighted by Crippen LogP contribution is 2.31. The summed E-state index contributed by atoms with van der Waals surface area (Å²) in [5, 5.41) is 5.69. The lowest BCUT2D eigenvalue weighted by atomic mass is 10.1. The summed E-state index contributed by atoms with van der Waals surface area (Å²) in [5.41, 5.74) is 5.14. The maximum Gasteiger partial charge on any atom is 0.129 e. The van der Waals surface area contributed by atoms with Crippen LogP contribution in [0.4, 0.5) is 0 Å². The lowest BCUT2D eigenvalue weighted by Crippen LogP contribution is -2.16. The van der Waals surface area contributed by atoms with Gasteiger partial charge in [0.25, 0.3) is 0 Å². The van der Waals surface area contributed by atoms with Gasteiger partial charge >= 0.3 is 0 Å². The van der Waals surface area contributed by atoms with Gasteiger partial charge < -0.3 is 0 Å². The second-order valence-corrected chi connectivity index (χ2v) is 11.6. The molecule has 1 aromatic heterocycles. The van der Waals surface area contributed by atoms with Gasteiger partial charge in [-0.3, -0.25) is 4.68 Å². The molecule has 21 heavy (non-hydrogen) atoms. The van der Waals surface area contributed by atoms with E-state index in [1.807, 2.05) is 36.0 Å². The third-order valence-corrected chi connectivity index (χ3v) is 4.53. The molecule has 0 aliphatic heterocycles. The van der Waals surface area contributed by atoms with Gasteiger partial charge in [0.2, 0.25) is 0 Å². The number of hydrogen-bond donors (Lipinski definition) is 0. The normalized spacial score (nSPS) is 12.7. The summed E-state index contributed by atoms with van der Waals surface area (Å²) in [6.45, 7) is 8.68. The molecule has 1 aromatic carbocycles. The Hall–Kier alpha value is -1.21. The molecule has 0 fully saturated rings. The van der Waals surface area contributed by atoms with Gasteiger partial charge in [-0.1, -0.05) is 54.8 Å². The average molecular weight is 337 g/mol. The highest BCUT2D eigenvalue weighted by atomic mass is 35.5. The van der Waals surface area contributed by atoms with Crippen molar-refractivity contribution >= 4 is 31.3 Å². The smallest absolute Gasteiger partial charge is 0.129 e. The predicted octanol–water partition coefficient (Wildman–Crippen LogP) is 5.03. The first-order valence-corrected chi connectivity index (χ1v) is 11.0. The van der Waals surface area contributed by atoms with E-state index in [-0.39, 0.29) is 6.04 Å². The van der Waals surface area contributed by atoms with Gasteiger partial charge in [0.1, 0.15) is 8.07 Å². The quantitative estimate of drug-likeness (QED) is 0.555. The number of aromatic nitrogens is 2. The summed E-state index contributed by atoms with van der Waals surface area (Å²) >= 11 is 12.5. The molecule has 1 unspecified atom stereocenters. The molecule has 0 N–H and O–H groups in total. The van der Waals surface area contributed by atoms with Crippen molar-refractivity contribution in [2.24, 2.45) is 0 Å². The van der Waals surface area contributed by atoms with Crippen molar-refractivity contribution in [3.8, 4) is 11.5 Å². The van der Waals surface area contributed by atoms with E-state index < -0.39 is 8.07 Å². The maximum atomic E-state index is 6.25. The summed E-state index contributed by atoms with van der Waals surface area (Å²) in [4.78, 5) is 0. The molecule has 2 rings (SSSR count). The first-order chi connectivity index (χ1) is 9.78. The first-order valence-electron chi connectivity index (χ1n) is 6.79. The van der Waals surface area contributed by atoms with Crippen LogP contribution < -0.4 is 0 Å². The van der Waals surface area contributed by atoms with Crippen molar-refractivity contribution in [3.63, 3.8) is 0 Å². The molecule has 1 atom stereocenters. The molecular formula is C16H18Cl2N2Si. The molecule has 0 radical (unpaired) electrons. The fourth-order valence-corrected chi connectivity index (χ4v) is 3.15. The van der Waals surface area contributed by atoms with E-state index in [9.17, 15) is 0 Å². The summed E-state index contributed by atoms with van der Waals surface area (Å²) in [5.74, 6) is 3.20. The van der Waals surface area contributed by atoms with Crippen molar-refractivity contribution in [1.82, 2.24) is 9.78 Å². The Morgan fingerprint density at radius 2 is 1.81 bits per heavy atom. The second-order valence-electron chi connectivity index (χ2n) is 6.02. The molecule has 5 heteroatoms. The highest BCUT2D eigenvalue weighted by Gasteiger charge is 2.16. The minimum Gasteiger partial charge on any atom is -0.264 e. The van der Waals surface area contributed by atoms with Crippen LogP contribution in [0.5, 0.6) is 0 Å². The Bertz CT molecular complexity index is 685. The summed E-state index contributed by atoms with van der Waals surface area (Å²) in [6.07, 6.45) is 3.73. The number of rotatable bonds is 2. The molecule has 110 valence electrons. The average Bonchev–Trinajstić information content (AvgIpc) is 2.84. The van der Waals surface area contributed by atoms with E-state index in [0.717, 1.165) is 11.1 Å². The molecule has 0 aliphatic rings. The fourth-order valence-electron chi connectivity index (χ4n) is 1.92. The number of benzene rings is 1. The minimum atomic E-state index is -1.38. The standard InChI is InChI=1S/C16H18Cl2N2Si/c1-12(16-14(17)6-5-7-15(16)18)20-11-13(10-19-20)8-9-21(2,3)4/h5-7,10-12H,1-4H3. The monoisotopic (exact) mass is 336 g/mol. The molecule has 0 bridgehead atoms. The Labute approximate surface area is 137 Å².